The Bertz CT molecular complexity index is 949. The number of nitrogens with zero attached hydrogens (tertiary/aromatic N) is 4. The number of halogens is 1. The first-order valence-electron chi connectivity index (χ1n) is 7.49. The first kappa shape index (κ1) is 14.8. The Morgan fingerprint density at radius 3 is 2.74 bits per heavy atom. The second kappa shape index (κ2) is 4.65. The highest BCUT2D eigenvalue weighted by Gasteiger charge is 2.44. The molecule has 3 aromatic heterocycles. The lowest BCUT2D eigenvalue weighted by atomic mass is 9.68. The SMILES string of the molecule is CC1(C)N=C(c2cnc3c(Cl)cnn3c2)c2sccc2C1(C)C. The van der Waals surface area contributed by atoms with Crippen LogP contribution in [0.25, 0.3) is 5.65 Å². The molecule has 118 valence electrons. The molecule has 23 heavy (non-hydrogen) atoms. The van der Waals surface area contributed by atoms with Gasteiger partial charge in [-0.15, -0.1) is 11.3 Å². The van der Waals surface area contributed by atoms with Crippen molar-refractivity contribution in [3.63, 3.8) is 0 Å². The lowest BCUT2D eigenvalue weighted by Gasteiger charge is -2.43. The molecule has 0 atom stereocenters. The average Bonchev–Trinajstić information content (AvgIpc) is 3.11. The third kappa shape index (κ3) is 2.00. The second-order valence-corrected chi connectivity index (χ2v) is 8.23. The van der Waals surface area contributed by atoms with Gasteiger partial charge in [0.05, 0.1) is 22.3 Å². The van der Waals surface area contributed by atoms with E-state index >= 15 is 0 Å². The maximum absolute atomic E-state index is 6.08. The van der Waals surface area contributed by atoms with Gasteiger partial charge in [0.2, 0.25) is 0 Å². The van der Waals surface area contributed by atoms with Crippen LogP contribution < -0.4 is 0 Å². The van der Waals surface area contributed by atoms with Crippen molar-refractivity contribution < 1.29 is 0 Å². The summed E-state index contributed by atoms with van der Waals surface area (Å²) in [6.07, 6.45) is 5.39. The fourth-order valence-electron chi connectivity index (χ4n) is 2.95. The van der Waals surface area contributed by atoms with Crippen LogP contribution in [0.15, 0.2) is 35.0 Å². The molecule has 1 aliphatic heterocycles. The fourth-order valence-corrected chi connectivity index (χ4v) is 4.19. The van der Waals surface area contributed by atoms with Gasteiger partial charge < -0.3 is 0 Å². The molecule has 0 amide bonds. The molecule has 6 heteroatoms. The molecule has 3 aromatic rings. The van der Waals surface area contributed by atoms with Crippen molar-refractivity contribution in [1.82, 2.24) is 14.6 Å². The summed E-state index contributed by atoms with van der Waals surface area (Å²) in [7, 11) is 0. The summed E-state index contributed by atoms with van der Waals surface area (Å²) >= 11 is 7.81. The number of aromatic nitrogens is 3. The van der Waals surface area contributed by atoms with Crippen LogP contribution in [0.4, 0.5) is 0 Å². The van der Waals surface area contributed by atoms with Crippen molar-refractivity contribution in [1.29, 1.82) is 0 Å². The van der Waals surface area contributed by atoms with Gasteiger partial charge >= 0.3 is 0 Å². The van der Waals surface area contributed by atoms with E-state index in [1.54, 1.807) is 22.0 Å². The standard InChI is InChI=1S/C17H17ClN4S/c1-16(2)11-5-6-23-14(11)13(21-17(16,3)4)10-7-19-15-12(18)8-20-22(15)9-10/h5-9H,1-4H3. The topological polar surface area (TPSA) is 42.5 Å². The van der Waals surface area contributed by atoms with E-state index in [1.807, 2.05) is 12.4 Å². The number of thiophene rings is 1. The molecular weight excluding hydrogens is 328 g/mol. The van der Waals surface area contributed by atoms with Crippen LogP contribution in [0.3, 0.4) is 0 Å². The molecule has 1 aliphatic rings. The predicted molar refractivity (Wildman–Crippen MR) is 95.1 cm³/mol. The molecule has 0 saturated heterocycles. The smallest absolute Gasteiger partial charge is 0.173 e. The molecule has 0 aromatic carbocycles. The zero-order valence-corrected chi connectivity index (χ0v) is 15.0. The summed E-state index contributed by atoms with van der Waals surface area (Å²) in [6.45, 7) is 8.88. The van der Waals surface area contributed by atoms with Gasteiger partial charge in [0, 0.05) is 23.4 Å². The number of hydrogen-bond donors (Lipinski definition) is 0. The van der Waals surface area contributed by atoms with E-state index in [0.29, 0.717) is 10.7 Å². The molecule has 4 rings (SSSR count). The second-order valence-electron chi connectivity index (χ2n) is 6.91. The van der Waals surface area contributed by atoms with Crippen molar-refractivity contribution >= 4 is 34.3 Å². The zero-order valence-electron chi connectivity index (χ0n) is 13.5. The maximum Gasteiger partial charge on any atom is 0.173 e. The number of rotatable bonds is 1. The molecule has 0 radical (unpaired) electrons. The monoisotopic (exact) mass is 344 g/mol. The van der Waals surface area contributed by atoms with E-state index in [-0.39, 0.29) is 11.0 Å². The number of hydrogen-bond acceptors (Lipinski definition) is 4. The number of fused-ring (bicyclic) bond motifs is 2. The third-order valence-corrected chi connectivity index (χ3v) is 6.25. The maximum atomic E-state index is 6.08. The Hall–Kier alpha value is -1.72. The Labute approximate surface area is 143 Å². The Morgan fingerprint density at radius 1 is 1.17 bits per heavy atom. The summed E-state index contributed by atoms with van der Waals surface area (Å²) in [5.41, 5.74) is 3.74. The molecule has 4 nitrogen and oxygen atoms in total. The highest BCUT2D eigenvalue weighted by Crippen LogP contribution is 2.45. The van der Waals surface area contributed by atoms with Crippen molar-refractivity contribution in [2.24, 2.45) is 4.99 Å². The lowest BCUT2D eigenvalue weighted by molar-refractivity contribution is 0.305. The van der Waals surface area contributed by atoms with Crippen molar-refractivity contribution in [2.45, 2.75) is 38.6 Å². The third-order valence-electron chi connectivity index (χ3n) is 5.06. The lowest BCUT2D eigenvalue weighted by Crippen LogP contribution is -2.45. The molecule has 0 spiro atoms. The van der Waals surface area contributed by atoms with Crippen LogP contribution >= 0.6 is 22.9 Å². The highest BCUT2D eigenvalue weighted by molar-refractivity contribution is 7.12. The molecule has 0 N–H and O–H groups in total. The van der Waals surface area contributed by atoms with Gasteiger partial charge in [-0.1, -0.05) is 25.4 Å². The normalized spacial score (nSPS) is 18.7. The molecule has 4 heterocycles. The van der Waals surface area contributed by atoms with E-state index in [9.17, 15) is 0 Å². The van der Waals surface area contributed by atoms with Gasteiger partial charge in [0.15, 0.2) is 5.65 Å². The van der Waals surface area contributed by atoms with E-state index in [2.05, 4.69) is 49.2 Å². The van der Waals surface area contributed by atoms with Crippen molar-refractivity contribution in [2.75, 3.05) is 0 Å². The first-order chi connectivity index (χ1) is 10.8. The van der Waals surface area contributed by atoms with Crippen molar-refractivity contribution in [3.8, 4) is 0 Å². The summed E-state index contributed by atoms with van der Waals surface area (Å²) in [5, 5.41) is 6.95. The number of aliphatic imine (C=N–C) groups is 1. The molecular formula is C17H17ClN4S. The van der Waals surface area contributed by atoms with Gasteiger partial charge in [-0.2, -0.15) is 5.10 Å². The summed E-state index contributed by atoms with van der Waals surface area (Å²) in [6, 6.07) is 2.22. The average molecular weight is 345 g/mol. The molecule has 0 unspecified atom stereocenters. The summed E-state index contributed by atoms with van der Waals surface area (Å²) in [4.78, 5) is 10.7. The van der Waals surface area contributed by atoms with Gasteiger partial charge in [-0.25, -0.2) is 9.50 Å². The van der Waals surface area contributed by atoms with E-state index < -0.39 is 0 Å². The fraction of sp³-hybridized carbons (Fsp3) is 0.353. The van der Waals surface area contributed by atoms with Crippen LogP contribution in [0.1, 0.15) is 43.7 Å². The van der Waals surface area contributed by atoms with Gasteiger partial charge in [-0.05, 0) is 30.9 Å². The van der Waals surface area contributed by atoms with E-state index in [0.717, 1.165) is 11.3 Å². The Morgan fingerprint density at radius 2 is 1.96 bits per heavy atom. The van der Waals surface area contributed by atoms with Gasteiger partial charge in [0.25, 0.3) is 0 Å². The quantitative estimate of drug-likeness (QED) is 0.658. The highest BCUT2D eigenvalue weighted by atomic mass is 35.5. The first-order valence-corrected chi connectivity index (χ1v) is 8.74. The van der Waals surface area contributed by atoms with Crippen LogP contribution in [0.5, 0.6) is 0 Å². The van der Waals surface area contributed by atoms with Crippen LogP contribution in [-0.4, -0.2) is 25.8 Å². The van der Waals surface area contributed by atoms with Crippen molar-refractivity contribution in [3.05, 3.63) is 51.1 Å². The zero-order chi connectivity index (χ0) is 16.4. The van der Waals surface area contributed by atoms with Gasteiger partial charge in [0.1, 0.15) is 5.02 Å². The Balaban J connectivity index is 1.95. The van der Waals surface area contributed by atoms with Gasteiger partial charge in [-0.3, -0.25) is 4.99 Å². The van der Waals surface area contributed by atoms with Crippen LogP contribution in [0.2, 0.25) is 5.02 Å². The largest absolute Gasteiger partial charge is 0.276 e. The molecule has 0 fully saturated rings. The van der Waals surface area contributed by atoms with Crippen LogP contribution in [-0.2, 0) is 5.41 Å². The minimum atomic E-state index is -0.201. The predicted octanol–water partition coefficient (Wildman–Crippen LogP) is 4.35. The minimum absolute atomic E-state index is 0.0155. The summed E-state index contributed by atoms with van der Waals surface area (Å²) in [5.74, 6) is 0. The molecule has 0 saturated carbocycles. The Kier molecular flexibility index (Phi) is 3.00. The summed E-state index contributed by atoms with van der Waals surface area (Å²) < 4.78 is 1.71. The molecule has 0 aliphatic carbocycles. The molecule has 0 bridgehead atoms. The minimum Gasteiger partial charge on any atom is -0.276 e. The van der Waals surface area contributed by atoms with E-state index in [4.69, 9.17) is 16.6 Å². The van der Waals surface area contributed by atoms with E-state index in [1.165, 1.54) is 10.4 Å². The van der Waals surface area contributed by atoms with Crippen LogP contribution in [0, 0.1) is 0 Å².